The quantitative estimate of drug-likeness (QED) is 0.741. The van der Waals surface area contributed by atoms with E-state index >= 15 is 0 Å². The van der Waals surface area contributed by atoms with Crippen molar-refractivity contribution in [2.75, 3.05) is 0 Å². The van der Waals surface area contributed by atoms with Gasteiger partial charge in [0, 0.05) is 12.6 Å². The van der Waals surface area contributed by atoms with E-state index in [2.05, 4.69) is 4.72 Å². The van der Waals surface area contributed by atoms with Crippen LogP contribution >= 0.6 is 0 Å². The number of nitrogens with one attached hydrogen (secondary N) is 1. The summed E-state index contributed by atoms with van der Waals surface area (Å²) in [6.07, 6.45) is 0. The fraction of sp³-hybridized carbons (Fsp3) is 0.235. The lowest BCUT2D eigenvalue weighted by atomic mass is 10.0. The van der Waals surface area contributed by atoms with Gasteiger partial charge in [-0.25, -0.2) is 17.9 Å². The predicted molar refractivity (Wildman–Crippen MR) is 92.2 cm³/mol. The first kappa shape index (κ1) is 18.1. The standard InChI is InChI=1S/C17H20N2O4S/c1-11(2)19-24(22,23)16-8-14(7-15(9-16)17(20)21)13-5-3-12(10-18)4-6-13/h3-9,11,19H,10,18H2,1-2H3,(H,20,21). The molecular weight excluding hydrogens is 328 g/mol. The third kappa shape index (κ3) is 4.19. The molecule has 0 heterocycles. The number of hydrogen-bond donors (Lipinski definition) is 3. The maximum absolute atomic E-state index is 12.4. The number of hydrogen-bond acceptors (Lipinski definition) is 4. The van der Waals surface area contributed by atoms with Gasteiger partial charge in [-0.1, -0.05) is 24.3 Å². The largest absolute Gasteiger partial charge is 0.478 e. The van der Waals surface area contributed by atoms with E-state index < -0.39 is 16.0 Å². The summed E-state index contributed by atoms with van der Waals surface area (Å²) in [6, 6.07) is 11.0. The van der Waals surface area contributed by atoms with Gasteiger partial charge in [0.15, 0.2) is 0 Å². The molecule has 0 saturated carbocycles. The number of nitrogens with two attached hydrogens (primary N) is 1. The molecule has 7 heteroatoms. The van der Waals surface area contributed by atoms with E-state index in [4.69, 9.17) is 5.73 Å². The van der Waals surface area contributed by atoms with Gasteiger partial charge >= 0.3 is 5.97 Å². The Balaban J connectivity index is 2.58. The molecule has 0 fully saturated rings. The third-order valence-electron chi connectivity index (χ3n) is 3.38. The van der Waals surface area contributed by atoms with Gasteiger partial charge in [-0.05, 0) is 48.7 Å². The summed E-state index contributed by atoms with van der Waals surface area (Å²) in [5, 5.41) is 9.28. The van der Waals surface area contributed by atoms with Gasteiger partial charge in [-0.3, -0.25) is 0 Å². The molecule has 0 aliphatic carbocycles. The lowest BCUT2D eigenvalue weighted by molar-refractivity contribution is 0.0696. The van der Waals surface area contributed by atoms with Crippen LogP contribution in [0.25, 0.3) is 11.1 Å². The zero-order valence-corrected chi connectivity index (χ0v) is 14.3. The van der Waals surface area contributed by atoms with Crippen molar-refractivity contribution in [1.29, 1.82) is 0 Å². The van der Waals surface area contributed by atoms with Gasteiger partial charge < -0.3 is 10.8 Å². The normalized spacial score (nSPS) is 11.7. The third-order valence-corrected chi connectivity index (χ3v) is 5.02. The number of aromatic carboxylic acids is 1. The number of carbonyl (C=O) groups is 1. The molecule has 0 bridgehead atoms. The van der Waals surface area contributed by atoms with Crippen molar-refractivity contribution in [1.82, 2.24) is 4.72 Å². The van der Waals surface area contributed by atoms with Crippen LogP contribution in [0.5, 0.6) is 0 Å². The second kappa shape index (κ2) is 7.12. The van der Waals surface area contributed by atoms with Crippen LogP contribution in [0.4, 0.5) is 0 Å². The van der Waals surface area contributed by atoms with E-state index in [1.54, 1.807) is 26.0 Å². The highest BCUT2D eigenvalue weighted by Gasteiger charge is 2.19. The van der Waals surface area contributed by atoms with Crippen molar-refractivity contribution in [2.45, 2.75) is 31.3 Å². The van der Waals surface area contributed by atoms with E-state index in [1.165, 1.54) is 12.1 Å². The minimum Gasteiger partial charge on any atom is -0.478 e. The van der Waals surface area contributed by atoms with E-state index in [9.17, 15) is 18.3 Å². The maximum atomic E-state index is 12.4. The highest BCUT2D eigenvalue weighted by Crippen LogP contribution is 2.25. The van der Waals surface area contributed by atoms with Gasteiger partial charge in [-0.2, -0.15) is 0 Å². The van der Waals surface area contributed by atoms with Crippen LogP contribution in [-0.2, 0) is 16.6 Å². The number of benzene rings is 2. The van der Waals surface area contributed by atoms with Crippen molar-refractivity contribution >= 4 is 16.0 Å². The number of sulfonamides is 1. The van der Waals surface area contributed by atoms with Crippen molar-refractivity contribution in [2.24, 2.45) is 5.73 Å². The molecule has 0 aliphatic heterocycles. The van der Waals surface area contributed by atoms with Crippen molar-refractivity contribution in [3.8, 4) is 11.1 Å². The van der Waals surface area contributed by atoms with Crippen LogP contribution in [0, 0.1) is 0 Å². The molecule has 6 nitrogen and oxygen atoms in total. The van der Waals surface area contributed by atoms with Crippen molar-refractivity contribution in [3.05, 3.63) is 53.6 Å². The molecule has 0 aliphatic rings. The maximum Gasteiger partial charge on any atom is 0.335 e. The summed E-state index contributed by atoms with van der Waals surface area (Å²) < 4.78 is 27.2. The van der Waals surface area contributed by atoms with Crippen molar-refractivity contribution < 1.29 is 18.3 Å². The SMILES string of the molecule is CC(C)NS(=O)(=O)c1cc(C(=O)O)cc(-c2ccc(CN)cc2)c1. The van der Waals surface area contributed by atoms with Gasteiger partial charge in [0.05, 0.1) is 10.5 Å². The molecule has 2 aromatic rings. The van der Waals surface area contributed by atoms with Gasteiger partial charge in [0.1, 0.15) is 0 Å². The van der Waals surface area contributed by atoms with E-state index in [1.807, 2.05) is 12.1 Å². The minimum absolute atomic E-state index is 0.0750. The van der Waals surface area contributed by atoms with Gasteiger partial charge in [0.25, 0.3) is 0 Å². The molecule has 0 saturated heterocycles. The molecule has 0 radical (unpaired) electrons. The topological polar surface area (TPSA) is 109 Å². The summed E-state index contributed by atoms with van der Waals surface area (Å²) in [7, 11) is -3.79. The van der Waals surface area contributed by atoms with Crippen LogP contribution in [0.2, 0.25) is 0 Å². The molecule has 0 aromatic heterocycles. The van der Waals surface area contributed by atoms with Crippen LogP contribution in [-0.4, -0.2) is 25.5 Å². The first-order valence-corrected chi connectivity index (χ1v) is 8.91. The fourth-order valence-corrected chi connectivity index (χ4v) is 3.58. The Morgan fingerprint density at radius 1 is 1.12 bits per heavy atom. The van der Waals surface area contributed by atoms with E-state index in [-0.39, 0.29) is 16.5 Å². The molecule has 0 atom stereocenters. The monoisotopic (exact) mass is 348 g/mol. The first-order chi connectivity index (χ1) is 11.2. The molecule has 24 heavy (non-hydrogen) atoms. The molecule has 4 N–H and O–H groups in total. The number of carboxylic acid groups (broad SMARTS) is 1. The Kier molecular flexibility index (Phi) is 5.38. The Labute approximate surface area is 141 Å². The lowest BCUT2D eigenvalue weighted by Crippen LogP contribution is -2.30. The number of carboxylic acids is 1. The average Bonchev–Trinajstić information content (AvgIpc) is 2.53. The first-order valence-electron chi connectivity index (χ1n) is 7.43. The zero-order chi connectivity index (χ0) is 17.9. The van der Waals surface area contributed by atoms with E-state index in [0.29, 0.717) is 12.1 Å². The second-order valence-electron chi connectivity index (χ2n) is 5.73. The second-order valence-corrected chi connectivity index (χ2v) is 7.44. The summed E-state index contributed by atoms with van der Waals surface area (Å²) in [6.45, 7) is 3.80. The summed E-state index contributed by atoms with van der Waals surface area (Å²) in [5.74, 6) is -1.18. The van der Waals surface area contributed by atoms with Crippen LogP contribution in [0.1, 0.15) is 29.8 Å². The minimum atomic E-state index is -3.79. The van der Waals surface area contributed by atoms with Crippen LogP contribution in [0.3, 0.4) is 0 Å². The Morgan fingerprint density at radius 3 is 2.25 bits per heavy atom. The Bertz CT molecular complexity index is 843. The molecule has 128 valence electrons. The molecule has 0 amide bonds. The molecule has 2 rings (SSSR count). The smallest absolute Gasteiger partial charge is 0.335 e. The highest BCUT2D eigenvalue weighted by atomic mass is 32.2. The summed E-state index contributed by atoms with van der Waals surface area (Å²) in [4.78, 5) is 11.3. The zero-order valence-electron chi connectivity index (χ0n) is 13.5. The summed E-state index contributed by atoms with van der Waals surface area (Å²) >= 11 is 0. The highest BCUT2D eigenvalue weighted by molar-refractivity contribution is 7.89. The lowest BCUT2D eigenvalue weighted by Gasteiger charge is -2.12. The van der Waals surface area contributed by atoms with Gasteiger partial charge in [0.2, 0.25) is 10.0 Å². The Hall–Kier alpha value is -2.22. The van der Waals surface area contributed by atoms with E-state index in [0.717, 1.165) is 17.2 Å². The molecule has 0 spiro atoms. The molecule has 0 unspecified atom stereocenters. The van der Waals surface area contributed by atoms with Gasteiger partial charge in [-0.15, -0.1) is 0 Å². The van der Waals surface area contributed by atoms with Crippen molar-refractivity contribution in [3.63, 3.8) is 0 Å². The molecular formula is C17H20N2O4S. The van der Waals surface area contributed by atoms with Crippen LogP contribution in [0.15, 0.2) is 47.4 Å². The average molecular weight is 348 g/mol. The predicted octanol–water partition coefficient (Wildman–Crippen LogP) is 2.20. The van der Waals surface area contributed by atoms with Crippen LogP contribution < -0.4 is 10.5 Å². The molecule has 2 aromatic carbocycles. The summed E-state index contributed by atoms with van der Waals surface area (Å²) in [5.41, 5.74) is 7.65. The number of rotatable bonds is 6. The Morgan fingerprint density at radius 2 is 1.75 bits per heavy atom. The fourth-order valence-electron chi connectivity index (χ4n) is 2.26.